The molecule has 0 aromatic carbocycles. The molecule has 2 N–H and O–H groups in total. The average Bonchev–Trinajstić information content (AvgIpc) is 3.30. The quantitative estimate of drug-likeness (QED) is 0.313. The van der Waals surface area contributed by atoms with Crippen molar-refractivity contribution in [3.05, 3.63) is 0 Å². The van der Waals surface area contributed by atoms with Gasteiger partial charge in [-0.2, -0.15) is 0 Å². The van der Waals surface area contributed by atoms with E-state index in [-0.39, 0.29) is 24.0 Å². The van der Waals surface area contributed by atoms with Gasteiger partial charge in [-0.1, -0.05) is 12.8 Å². The minimum absolute atomic E-state index is 0. The Morgan fingerprint density at radius 3 is 2.32 bits per heavy atom. The summed E-state index contributed by atoms with van der Waals surface area (Å²) in [5.74, 6) is 2.30. The molecule has 28 heavy (non-hydrogen) atoms. The monoisotopic (exact) mass is 527 g/mol. The summed E-state index contributed by atoms with van der Waals surface area (Å²) in [6.07, 6.45) is 9.96. The zero-order valence-electron chi connectivity index (χ0n) is 17.4. The van der Waals surface area contributed by atoms with Gasteiger partial charge in [-0.05, 0) is 43.9 Å². The van der Waals surface area contributed by atoms with Crippen LogP contribution in [0.25, 0.3) is 0 Å². The second kappa shape index (κ2) is 11.3. The van der Waals surface area contributed by atoms with Crippen LogP contribution in [-0.4, -0.2) is 82.2 Å². The fourth-order valence-corrected chi connectivity index (χ4v) is 5.62. The summed E-state index contributed by atoms with van der Waals surface area (Å²) in [6.45, 7) is 5.70. The number of halogens is 1. The van der Waals surface area contributed by atoms with Gasteiger partial charge in [-0.3, -0.25) is 4.99 Å². The van der Waals surface area contributed by atoms with Gasteiger partial charge in [0.1, 0.15) is 0 Å². The molecule has 3 aliphatic rings. The SMILES string of the molecule is CN=C(NCC1CCN(S(C)(=O)=O)CC1)NC1CCN(CC2CCCC2)C1.I. The molecular weight excluding hydrogens is 489 g/mol. The molecule has 0 aromatic rings. The lowest BCUT2D eigenvalue weighted by Gasteiger charge is -2.30. The number of nitrogens with one attached hydrogen (secondary N) is 2. The Morgan fingerprint density at radius 1 is 1.04 bits per heavy atom. The van der Waals surface area contributed by atoms with Gasteiger partial charge in [0, 0.05) is 52.4 Å². The highest BCUT2D eigenvalue weighted by atomic mass is 127. The molecule has 2 saturated heterocycles. The maximum Gasteiger partial charge on any atom is 0.211 e. The van der Waals surface area contributed by atoms with Crippen LogP contribution in [0.3, 0.4) is 0 Å². The molecule has 3 fully saturated rings. The Labute approximate surface area is 188 Å². The predicted molar refractivity (Wildman–Crippen MR) is 126 cm³/mol. The van der Waals surface area contributed by atoms with E-state index in [1.807, 2.05) is 7.05 Å². The first-order chi connectivity index (χ1) is 12.9. The minimum atomic E-state index is -3.04. The van der Waals surface area contributed by atoms with E-state index in [0.717, 1.165) is 37.8 Å². The van der Waals surface area contributed by atoms with Crippen LogP contribution in [0.2, 0.25) is 0 Å². The lowest BCUT2D eigenvalue weighted by Crippen LogP contribution is -2.47. The number of hydrogen-bond donors (Lipinski definition) is 2. The van der Waals surface area contributed by atoms with Crippen molar-refractivity contribution in [1.82, 2.24) is 19.8 Å². The number of nitrogens with zero attached hydrogens (tertiary/aromatic N) is 3. The maximum absolute atomic E-state index is 11.6. The standard InChI is InChI=1S/C19H37N5O2S.HI/c1-20-19(21-13-16-7-11-24(12-8-16)27(2,25)26)22-18-9-10-23(15-18)14-17-5-3-4-6-17;/h16-18H,3-15H2,1-2H3,(H2,20,21,22);1H. The van der Waals surface area contributed by atoms with Gasteiger partial charge in [0.15, 0.2) is 5.96 Å². The molecule has 0 aromatic heterocycles. The minimum Gasteiger partial charge on any atom is -0.356 e. The molecule has 1 saturated carbocycles. The predicted octanol–water partition coefficient (Wildman–Crippen LogP) is 1.71. The second-order valence-electron chi connectivity index (χ2n) is 8.60. The van der Waals surface area contributed by atoms with Crippen LogP contribution < -0.4 is 10.6 Å². The zero-order chi connectivity index (χ0) is 19.3. The Hall–Kier alpha value is -0.130. The Balaban J connectivity index is 0.00000280. The smallest absolute Gasteiger partial charge is 0.211 e. The third-order valence-corrected chi connectivity index (χ3v) is 7.73. The summed E-state index contributed by atoms with van der Waals surface area (Å²) in [4.78, 5) is 7.00. The van der Waals surface area contributed by atoms with Crippen molar-refractivity contribution >= 4 is 40.0 Å². The topological polar surface area (TPSA) is 77.0 Å². The summed E-state index contributed by atoms with van der Waals surface area (Å²) < 4.78 is 24.8. The van der Waals surface area contributed by atoms with Gasteiger partial charge in [0.2, 0.25) is 10.0 Å². The van der Waals surface area contributed by atoms with Crippen molar-refractivity contribution < 1.29 is 8.42 Å². The highest BCUT2D eigenvalue weighted by molar-refractivity contribution is 14.0. The molecule has 3 rings (SSSR count). The van der Waals surface area contributed by atoms with Crippen LogP contribution in [0.1, 0.15) is 44.9 Å². The van der Waals surface area contributed by atoms with Crippen LogP contribution in [0.4, 0.5) is 0 Å². The van der Waals surface area contributed by atoms with Gasteiger partial charge in [-0.25, -0.2) is 12.7 Å². The first kappa shape index (κ1) is 24.1. The summed E-state index contributed by atoms with van der Waals surface area (Å²) in [6, 6.07) is 0.477. The maximum atomic E-state index is 11.6. The van der Waals surface area contributed by atoms with E-state index < -0.39 is 10.0 Å². The molecule has 0 spiro atoms. The number of piperidine rings is 1. The van der Waals surface area contributed by atoms with Crippen molar-refractivity contribution in [2.45, 2.75) is 51.0 Å². The van der Waals surface area contributed by atoms with E-state index in [9.17, 15) is 8.42 Å². The van der Waals surface area contributed by atoms with Gasteiger partial charge >= 0.3 is 0 Å². The lowest BCUT2D eigenvalue weighted by molar-refractivity contribution is 0.272. The van der Waals surface area contributed by atoms with E-state index >= 15 is 0 Å². The first-order valence-corrected chi connectivity index (χ1v) is 12.4. The van der Waals surface area contributed by atoms with Crippen LogP contribution >= 0.6 is 24.0 Å². The molecule has 2 heterocycles. The van der Waals surface area contributed by atoms with Gasteiger partial charge in [0.05, 0.1) is 6.26 Å². The fraction of sp³-hybridized carbons (Fsp3) is 0.947. The average molecular weight is 528 g/mol. The van der Waals surface area contributed by atoms with Crippen molar-refractivity contribution in [2.75, 3.05) is 52.6 Å². The van der Waals surface area contributed by atoms with Crippen molar-refractivity contribution in [3.8, 4) is 0 Å². The van der Waals surface area contributed by atoms with E-state index in [4.69, 9.17) is 0 Å². The molecular formula is C19H38IN5O2S. The summed E-state index contributed by atoms with van der Waals surface area (Å²) in [7, 11) is -1.22. The Bertz CT molecular complexity index is 601. The molecule has 1 unspecified atom stereocenters. The highest BCUT2D eigenvalue weighted by Gasteiger charge is 2.27. The third-order valence-electron chi connectivity index (χ3n) is 6.43. The Morgan fingerprint density at radius 2 is 1.71 bits per heavy atom. The molecule has 9 heteroatoms. The number of hydrogen-bond acceptors (Lipinski definition) is 4. The first-order valence-electron chi connectivity index (χ1n) is 10.6. The van der Waals surface area contributed by atoms with E-state index in [1.54, 1.807) is 4.31 Å². The van der Waals surface area contributed by atoms with Crippen LogP contribution in [-0.2, 0) is 10.0 Å². The number of aliphatic imine (C=N–C) groups is 1. The summed E-state index contributed by atoms with van der Waals surface area (Å²) in [5, 5.41) is 7.04. The summed E-state index contributed by atoms with van der Waals surface area (Å²) >= 11 is 0. The Kier molecular flexibility index (Phi) is 9.75. The molecule has 1 atom stereocenters. The van der Waals surface area contributed by atoms with Crippen molar-refractivity contribution in [1.29, 1.82) is 0 Å². The fourth-order valence-electron chi connectivity index (χ4n) is 4.75. The van der Waals surface area contributed by atoms with Crippen LogP contribution in [0.15, 0.2) is 4.99 Å². The van der Waals surface area contributed by atoms with Gasteiger partial charge < -0.3 is 15.5 Å². The van der Waals surface area contributed by atoms with Crippen LogP contribution in [0.5, 0.6) is 0 Å². The zero-order valence-corrected chi connectivity index (χ0v) is 20.5. The molecule has 0 bridgehead atoms. The van der Waals surface area contributed by atoms with Crippen molar-refractivity contribution in [3.63, 3.8) is 0 Å². The molecule has 0 radical (unpaired) electrons. The van der Waals surface area contributed by atoms with E-state index in [0.29, 0.717) is 25.0 Å². The normalized spacial score (nSPS) is 26.4. The molecule has 7 nitrogen and oxygen atoms in total. The van der Waals surface area contributed by atoms with E-state index in [1.165, 1.54) is 51.4 Å². The highest BCUT2D eigenvalue weighted by Crippen LogP contribution is 2.26. The largest absolute Gasteiger partial charge is 0.356 e. The third kappa shape index (κ3) is 7.28. The molecule has 1 aliphatic carbocycles. The second-order valence-corrected chi connectivity index (χ2v) is 10.6. The summed E-state index contributed by atoms with van der Waals surface area (Å²) in [5.41, 5.74) is 0. The van der Waals surface area contributed by atoms with E-state index in [2.05, 4.69) is 20.5 Å². The number of rotatable bonds is 6. The lowest BCUT2D eigenvalue weighted by atomic mass is 9.98. The number of guanidine groups is 1. The molecule has 2 aliphatic heterocycles. The molecule has 0 amide bonds. The molecule has 164 valence electrons. The van der Waals surface area contributed by atoms with Crippen LogP contribution in [0, 0.1) is 11.8 Å². The van der Waals surface area contributed by atoms with Gasteiger partial charge in [0.25, 0.3) is 0 Å². The van der Waals surface area contributed by atoms with Crippen molar-refractivity contribution in [2.24, 2.45) is 16.8 Å². The number of likely N-dealkylation sites (tertiary alicyclic amines) is 1. The number of sulfonamides is 1. The van der Waals surface area contributed by atoms with Gasteiger partial charge in [-0.15, -0.1) is 24.0 Å².